The first kappa shape index (κ1) is 18.4. The fraction of sp³-hybridized carbons (Fsp3) is 0.412. The molecule has 26 heavy (non-hydrogen) atoms. The summed E-state index contributed by atoms with van der Waals surface area (Å²) in [5, 5.41) is 14.9. The predicted octanol–water partition coefficient (Wildman–Crippen LogP) is 2.75. The van der Waals surface area contributed by atoms with Crippen LogP contribution in [0.25, 0.3) is 16.0 Å². The molecule has 1 fully saturated rings. The van der Waals surface area contributed by atoms with Crippen LogP contribution in [0.5, 0.6) is 11.5 Å². The molecule has 0 bridgehead atoms. The zero-order valence-corrected chi connectivity index (χ0v) is 15.8. The van der Waals surface area contributed by atoms with E-state index >= 15 is 0 Å². The molecule has 1 aromatic carbocycles. The van der Waals surface area contributed by atoms with Crippen molar-refractivity contribution >= 4 is 26.8 Å². The number of alkyl halides is 1. The Hall–Kier alpha value is -2.39. The second-order valence-electron chi connectivity index (χ2n) is 6.27. The molecule has 1 aliphatic heterocycles. The summed E-state index contributed by atoms with van der Waals surface area (Å²) in [5.74, 6) is 0.718. The number of halogens is 1. The number of thiazole rings is 1. The Balaban J connectivity index is 0.000000236. The molecule has 0 saturated carbocycles. The molecule has 2 aromatic heterocycles. The Morgan fingerprint density at radius 2 is 2.19 bits per heavy atom. The number of phenolic OH excluding ortho intramolecular Hbond substituents is 1. The molecule has 0 amide bonds. The molecule has 1 saturated heterocycles. The quantitative estimate of drug-likeness (QED) is 0.712. The number of rotatable bonds is 2. The van der Waals surface area contributed by atoms with E-state index in [9.17, 15) is 9.50 Å². The maximum Gasteiger partial charge on any atom is 0.194 e. The number of anilines is 1. The SMILES string of the molecule is CN1CCC(F)C1.COc1cc(C)c(-n2cc3sc(N)nc3n2)c(O)c1. The fourth-order valence-corrected chi connectivity index (χ4v) is 3.57. The minimum Gasteiger partial charge on any atom is -0.506 e. The number of ether oxygens (including phenoxy) is 1. The van der Waals surface area contributed by atoms with Crippen LogP contribution in [0.15, 0.2) is 18.3 Å². The highest BCUT2D eigenvalue weighted by molar-refractivity contribution is 7.21. The van der Waals surface area contributed by atoms with E-state index in [4.69, 9.17) is 10.5 Å². The summed E-state index contributed by atoms with van der Waals surface area (Å²) in [6.07, 6.45) is 1.99. The van der Waals surface area contributed by atoms with Gasteiger partial charge in [-0.1, -0.05) is 11.3 Å². The zero-order valence-electron chi connectivity index (χ0n) is 14.9. The van der Waals surface area contributed by atoms with Crippen molar-refractivity contribution in [2.24, 2.45) is 0 Å². The number of likely N-dealkylation sites (tertiary alicyclic amines) is 1. The molecule has 0 radical (unpaired) electrons. The average molecular weight is 379 g/mol. The van der Waals surface area contributed by atoms with E-state index in [1.165, 1.54) is 11.3 Å². The molecular formula is C17H22FN5O2S. The number of nitrogens with zero attached hydrogens (tertiary/aromatic N) is 4. The highest BCUT2D eigenvalue weighted by Gasteiger charge is 2.17. The van der Waals surface area contributed by atoms with Crippen molar-refractivity contribution in [3.63, 3.8) is 0 Å². The summed E-state index contributed by atoms with van der Waals surface area (Å²) < 4.78 is 19.7. The highest BCUT2D eigenvalue weighted by atomic mass is 32.1. The predicted molar refractivity (Wildman–Crippen MR) is 101 cm³/mol. The van der Waals surface area contributed by atoms with Crippen LogP contribution >= 0.6 is 11.3 Å². The highest BCUT2D eigenvalue weighted by Crippen LogP contribution is 2.32. The van der Waals surface area contributed by atoms with Gasteiger partial charge in [0.15, 0.2) is 10.8 Å². The number of methoxy groups -OCH3 is 1. The lowest BCUT2D eigenvalue weighted by Crippen LogP contribution is -2.13. The van der Waals surface area contributed by atoms with E-state index in [-0.39, 0.29) is 5.75 Å². The van der Waals surface area contributed by atoms with E-state index in [1.54, 1.807) is 24.1 Å². The van der Waals surface area contributed by atoms with Crippen molar-refractivity contribution in [2.75, 3.05) is 33.0 Å². The third kappa shape index (κ3) is 3.88. The third-order valence-electron chi connectivity index (χ3n) is 4.15. The first-order valence-corrected chi connectivity index (χ1v) is 9.01. The van der Waals surface area contributed by atoms with Gasteiger partial charge in [-0.2, -0.15) is 4.98 Å². The number of hydrogen-bond donors (Lipinski definition) is 2. The molecule has 140 valence electrons. The molecule has 0 aliphatic carbocycles. The van der Waals surface area contributed by atoms with E-state index in [1.807, 2.05) is 24.9 Å². The number of aryl methyl sites for hydroxylation is 1. The van der Waals surface area contributed by atoms with Gasteiger partial charge in [0.2, 0.25) is 0 Å². The van der Waals surface area contributed by atoms with Crippen LogP contribution in [0, 0.1) is 6.92 Å². The topological polar surface area (TPSA) is 89.4 Å². The minimum atomic E-state index is -0.551. The van der Waals surface area contributed by atoms with Crippen LogP contribution in [-0.4, -0.2) is 58.2 Å². The van der Waals surface area contributed by atoms with Gasteiger partial charge in [-0.25, -0.2) is 9.07 Å². The van der Waals surface area contributed by atoms with Crippen LogP contribution in [0.3, 0.4) is 0 Å². The number of aromatic nitrogens is 3. The number of phenols is 1. The molecule has 1 unspecified atom stereocenters. The van der Waals surface area contributed by atoms with Crippen molar-refractivity contribution in [1.82, 2.24) is 19.7 Å². The lowest BCUT2D eigenvalue weighted by atomic mass is 10.1. The maximum atomic E-state index is 12.1. The van der Waals surface area contributed by atoms with Gasteiger partial charge in [0, 0.05) is 19.2 Å². The van der Waals surface area contributed by atoms with Crippen LogP contribution in [0.4, 0.5) is 9.52 Å². The Bertz CT molecular complexity index is 847. The van der Waals surface area contributed by atoms with Crippen LogP contribution in [-0.2, 0) is 0 Å². The molecule has 3 aromatic rings. The zero-order chi connectivity index (χ0) is 18.8. The van der Waals surface area contributed by atoms with Crippen molar-refractivity contribution < 1.29 is 14.2 Å². The van der Waals surface area contributed by atoms with Crippen molar-refractivity contribution in [3.8, 4) is 17.2 Å². The van der Waals surface area contributed by atoms with Gasteiger partial charge in [0.1, 0.15) is 23.4 Å². The van der Waals surface area contributed by atoms with E-state index in [0.29, 0.717) is 28.8 Å². The molecule has 7 nitrogen and oxygen atoms in total. The second-order valence-corrected chi connectivity index (χ2v) is 7.34. The minimum absolute atomic E-state index is 0.111. The molecule has 3 heterocycles. The van der Waals surface area contributed by atoms with Gasteiger partial charge < -0.3 is 20.5 Å². The van der Waals surface area contributed by atoms with Gasteiger partial charge in [-0.05, 0) is 32.0 Å². The summed E-state index contributed by atoms with van der Waals surface area (Å²) in [7, 11) is 3.50. The van der Waals surface area contributed by atoms with Gasteiger partial charge in [-0.15, -0.1) is 5.10 Å². The summed E-state index contributed by atoms with van der Waals surface area (Å²) >= 11 is 1.36. The fourth-order valence-electron chi connectivity index (χ4n) is 2.88. The van der Waals surface area contributed by atoms with Gasteiger partial charge in [-0.3, -0.25) is 0 Å². The van der Waals surface area contributed by atoms with Crippen LogP contribution in [0.1, 0.15) is 12.0 Å². The smallest absolute Gasteiger partial charge is 0.194 e. The molecule has 4 rings (SSSR count). The number of aromatic hydroxyl groups is 1. The second kappa shape index (κ2) is 7.46. The number of nitrogens with two attached hydrogens (primary N) is 1. The Labute approximate surface area is 154 Å². The Morgan fingerprint density at radius 1 is 1.42 bits per heavy atom. The van der Waals surface area contributed by atoms with Gasteiger partial charge in [0.05, 0.1) is 18.0 Å². The standard InChI is InChI=1S/C12H12N4O2S.C5H10FN/c1-6-3-7(18-2)4-8(17)10(6)16-5-9-11(15-16)14-12(13)19-9;1-7-3-2-5(6)4-7/h3-5,17H,1-2H3,(H2,13,14,15);5H,2-4H2,1H3. The molecule has 1 aliphatic rings. The van der Waals surface area contributed by atoms with E-state index in [2.05, 4.69) is 10.1 Å². The normalized spacial score (nSPS) is 17.3. The summed E-state index contributed by atoms with van der Waals surface area (Å²) in [6, 6.07) is 3.40. The molecular weight excluding hydrogens is 357 g/mol. The number of fused-ring (bicyclic) bond motifs is 1. The molecule has 1 atom stereocenters. The summed E-state index contributed by atoms with van der Waals surface area (Å²) in [5.41, 5.74) is 7.67. The van der Waals surface area contributed by atoms with Gasteiger partial charge >= 0.3 is 0 Å². The first-order chi connectivity index (χ1) is 12.4. The number of benzene rings is 1. The van der Waals surface area contributed by atoms with Crippen LogP contribution in [0.2, 0.25) is 0 Å². The van der Waals surface area contributed by atoms with Gasteiger partial charge in [0.25, 0.3) is 0 Å². The number of hydrogen-bond acceptors (Lipinski definition) is 7. The van der Waals surface area contributed by atoms with Crippen molar-refractivity contribution in [3.05, 3.63) is 23.9 Å². The largest absolute Gasteiger partial charge is 0.506 e. The lowest BCUT2D eigenvalue weighted by Gasteiger charge is -2.10. The monoisotopic (exact) mass is 379 g/mol. The lowest BCUT2D eigenvalue weighted by molar-refractivity contribution is 0.321. The van der Waals surface area contributed by atoms with E-state index in [0.717, 1.165) is 23.2 Å². The average Bonchev–Trinajstić information content (AvgIpc) is 3.21. The van der Waals surface area contributed by atoms with Crippen molar-refractivity contribution in [1.29, 1.82) is 0 Å². The Morgan fingerprint density at radius 3 is 2.69 bits per heavy atom. The summed E-state index contributed by atoms with van der Waals surface area (Å²) in [4.78, 5) is 6.12. The van der Waals surface area contributed by atoms with Crippen LogP contribution < -0.4 is 10.5 Å². The molecule has 3 N–H and O–H groups in total. The molecule has 0 spiro atoms. The summed E-state index contributed by atoms with van der Waals surface area (Å²) in [6.45, 7) is 3.45. The third-order valence-corrected chi connectivity index (χ3v) is 4.95. The number of nitrogen functional groups attached to an aromatic ring is 1. The first-order valence-electron chi connectivity index (χ1n) is 8.19. The van der Waals surface area contributed by atoms with Crippen molar-refractivity contribution in [2.45, 2.75) is 19.5 Å². The molecule has 9 heteroatoms. The maximum absolute atomic E-state index is 12.1. The van der Waals surface area contributed by atoms with E-state index < -0.39 is 6.17 Å². The Kier molecular flexibility index (Phi) is 5.28.